The van der Waals surface area contributed by atoms with Crippen molar-refractivity contribution in [1.82, 2.24) is 0 Å². The van der Waals surface area contributed by atoms with Crippen LogP contribution in [-0.2, 0) is 4.79 Å². The molecule has 5 saturated carbocycles. The van der Waals surface area contributed by atoms with Crippen LogP contribution in [0.15, 0.2) is 0 Å². The van der Waals surface area contributed by atoms with Crippen LogP contribution in [0.3, 0.4) is 0 Å². The first-order valence-corrected chi connectivity index (χ1v) is 13.7. The maximum absolute atomic E-state index is 12.8. The van der Waals surface area contributed by atoms with Gasteiger partial charge in [0.05, 0.1) is 6.10 Å². The summed E-state index contributed by atoms with van der Waals surface area (Å²) in [7, 11) is 0. The summed E-state index contributed by atoms with van der Waals surface area (Å²) in [5.41, 5.74) is 1.16. The van der Waals surface area contributed by atoms with Gasteiger partial charge in [-0.1, -0.05) is 41.5 Å². The van der Waals surface area contributed by atoms with E-state index in [0.717, 1.165) is 25.7 Å². The van der Waals surface area contributed by atoms with Crippen LogP contribution in [0.1, 0.15) is 106 Å². The fourth-order valence-corrected chi connectivity index (χ4v) is 11.4. The number of rotatable bonds is 2. The van der Waals surface area contributed by atoms with E-state index >= 15 is 0 Å². The second kappa shape index (κ2) is 7.06. The van der Waals surface area contributed by atoms with Crippen molar-refractivity contribution in [2.75, 3.05) is 6.61 Å². The quantitative estimate of drug-likeness (QED) is 0.548. The lowest BCUT2D eigenvalue weighted by Gasteiger charge is -2.72. The third kappa shape index (κ3) is 2.70. The molecule has 10 atom stereocenters. The Morgan fingerprint density at radius 2 is 1.50 bits per heavy atom. The van der Waals surface area contributed by atoms with Crippen molar-refractivity contribution in [2.24, 2.45) is 56.7 Å². The predicted octanol–water partition coefficient (Wildman–Crippen LogP) is 6.01. The second-order valence-corrected chi connectivity index (χ2v) is 14.5. The molecule has 0 aromatic rings. The molecule has 182 valence electrons. The third-order valence-electron chi connectivity index (χ3n) is 13.4. The minimum Gasteiger partial charge on any atom is -0.393 e. The highest BCUT2D eigenvalue weighted by molar-refractivity contribution is 5.82. The van der Waals surface area contributed by atoms with Crippen LogP contribution < -0.4 is 0 Å². The van der Waals surface area contributed by atoms with Crippen molar-refractivity contribution in [1.29, 1.82) is 0 Å². The molecule has 0 amide bonds. The molecule has 0 aromatic heterocycles. The molecule has 0 aromatic carbocycles. The maximum atomic E-state index is 12.8. The van der Waals surface area contributed by atoms with Gasteiger partial charge < -0.3 is 10.2 Å². The third-order valence-corrected chi connectivity index (χ3v) is 13.4. The summed E-state index contributed by atoms with van der Waals surface area (Å²) in [5, 5.41) is 20.6. The molecule has 0 aliphatic heterocycles. The average Bonchev–Trinajstić information content (AvgIpc) is 3.09. The van der Waals surface area contributed by atoms with Crippen LogP contribution in [0.5, 0.6) is 0 Å². The standard InChI is InChI=1S/C29H48O3/c1-25(2)21-10-14-29(6)22(27(21,4)13-11-23(25)32)8-7-19-24-18(20(31)17-30)9-12-26(24,3)15-16-28(19,29)5/h18-19,21-24,30,32H,7-17H2,1-6H3/t18-,19?,21?,22?,23-,24?,26+,27-,28+,29+/m0/s1. The topological polar surface area (TPSA) is 57.5 Å². The average molecular weight is 445 g/mol. The van der Waals surface area contributed by atoms with Gasteiger partial charge in [0.1, 0.15) is 6.61 Å². The molecule has 5 fully saturated rings. The zero-order valence-corrected chi connectivity index (χ0v) is 21.5. The molecule has 0 radical (unpaired) electrons. The molecule has 0 saturated heterocycles. The van der Waals surface area contributed by atoms with E-state index in [2.05, 4.69) is 41.5 Å². The highest BCUT2D eigenvalue weighted by atomic mass is 16.3. The van der Waals surface area contributed by atoms with E-state index in [1.54, 1.807) is 0 Å². The highest BCUT2D eigenvalue weighted by Crippen LogP contribution is 2.77. The Morgan fingerprint density at radius 3 is 2.19 bits per heavy atom. The van der Waals surface area contributed by atoms with Crippen LogP contribution in [0.25, 0.3) is 0 Å². The molecule has 0 bridgehead atoms. The minimum atomic E-state index is -0.280. The van der Waals surface area contributed by atoms with Crippen molar-refractivity contribution in [2.45, 2.75) is 112 Å². The second-order valence-electron chi connectivity index (χ2n) is 14.5. The normalized spacial score (nSPS) is 56.5. The first kappa shape index (κ1) is 23.3. The summed E-state index contributed by atoms with van der Waals surface area (Å²) in [6.45, 7) is 14.6. The molecule has 3 nitrogen and oxygen atoms in total. The Labute approximate surface area is 196 Å². The van der Waals surface area contributed by atoms with E-state index in [1.807, 2.05) is 0 Å². The predicted molar refractivity (Wildman–Crippen MR) is 128 cm³/mol. The monoisotopic (exact) mass is 444 g/mol. The van der Waals surface area contributed by atoms with Gasteiger partial charge in [0, 0.05) is 5.92 Å². The van der Waals surface area contributed by atoms with Crippen LogP contribution >= 0.6 is 0 Å². The molecule has 0 heterocycles. The van der Waals surface area contributed by atoms with Gasteiger partial charge >= 0.3 is 0 Å². The van der Waals surface area contributed by atoms with Crippen molar-refractivity contribution in [3.8, 4) is 0 Å². The number of fused-ring (bicyclic) bond motifs is 7. The van der Waals surface area contributed by atoms with Gasteiger partial charge in [-0.25, -0.2) is 0 Å². The molecule has 5 aliphatic carbocycles. The summed E-state index contributed by atoms with van der Waals surface area (Å²) in [5.74, 6) is 2.54. The molecular weight excluding hydrogens is 396 g/mol. The lowest BCUT2D eigenvalue weighted by molar-refractivity contribution is -0.246. The zero-order valence-electron chi connectivity index (χ0n) is 21.5. The van der Waals surface area contributed by atoms with E-state index in [-0.39, 0.29) is 40.7 Å². The van der Waals surface area contributed by atoms with Crippen LogP contribution in [0, 0.1) is 56.7 Å². The van der Waals surface area contributed by atoms with Gasteiger partial charge in [0.15, 0.2) is 5.78 Å². The van der Waals surface area contributed by atoms with E-state index in [9.17, 15) is 15.0 Å². The van der Waals surface area contributed by atoms with Gasteiger partial charge in [-0.15, -0.1) is 0 Å². The SMILES string of the molecule is CC1(C)C2CC[C@]3(C)C(CCC4C5[C@H](C(=O)CO)CC[C@]5(C)CC[C@]43C)[C@@]2(C)CC[C@@H]1O. The van der Waals surface area contributed by atoms with E-state index in [4.69, 9.17) is 0 Å². The fourth-order valence-electron chi connectivity index (χ4n) is 11.4. The Hall–Kier alpha value is -0.410. The Kier molecular flexibility index (Phi) is 5.15. The Balaban J connectivity index is 1.53. The zero-order chi connectivity index (χ0) is 23.3. The molecule has 0 spiro atoms. The van der Waals surface area contributed by atoms with Gasteiger partial charge in [0.25, 0.3) is 0 Å². The molecule has 2 N–H and O–H groups in total. The van der Waals surface area contributed by atoms with Crippen molar-refractivity contribution < 1.29 is 15.0 Å². The summed E-state index contributed by atoms with van der Waals surface area (Å²) >= 11 is 0. The minimum absolute atomic E-state index is 0.00130. The number of Topliss-reactive ketones (excluding diaryl/α,β-unsaturated/α-hetero) is 1. The number of hydrogen-bond donors (Lipinski definition) is 2. The van der Waals surface area contributed by atoms with Gasteiger partial charge in [-0.05, 0) is 115 Å². The van der Waals surface area contributed by atoms with E-state index in [0.29, 0.717) is 34.5 Å². The van der Waals surface area contributed by atoms with Crippen molar-refractivity contribution in [3.05, 3.63) is 0 Å². The molecule has 32 heavy (non-hydrogen) atoms. The lowest BCUT2D eigenvalue weighted by atomic mass is 9.32. The first-order valence-electron chi connectivity index (χ1n) is 13.7. The summed E-state index contributed by atoms with van der Waals surface area (Å²) in [6.07, 6.45) is 11.6. The molecule has 4 unspecified atom stereocenters. The number of carbonyl (C=O) groups is 1. The van der Waals surface area contributed by atoms with Gasteiger partial charge in [-0.3, -0.25) is 4.79 Å². The van der Waals surface area contributed by atoms with Crippen LogP contribution in [-0.4, -0.2) is 28.7 Å². The number of aliphatic hydroxyl groups excluding tert-OH is 2. The van der Waals surface area contributed by atoms with E-state index in [1.165, 1.54) is 38.5 Å². The molecule has 3 heteroatoms. The van der Waals surface area contributed by atoms with E-state index < -0.39 is 0 Å². The van der Waals surface area contributed by atoms with Gasteiger partial charge in [-0.2, -0.15) is 0 Å². The highest BCUT2D eigenvalue weighted by Gasteiger charge is 2.70. The van der Waals surface area contributed by atoms with Gasteiger partial charge in [0.2, 0.25) is 0 Å². The fraction of sp³-hybridized carbons (Fsp3) is 0.966. The molecule has 5 rings (SSSR count). The summed E-state index contributed by atoms with van der Waals surface area (Å²) < 4.78 is 0. The molecule has 5 aliphatic rings. The Morgan fingerprint density at radius 1 is 0.781 bits per heavy atom. The first-order chi connectivity index (χ1) is 14.8. The largest absolute Gasteiger partial charge is 0.393 e. The Bertz CT molecular complexity index is 789. The summed E-state index contributed by atoms with van der Waals surface area (Å²) in [4.78, 5) is 12.8. The van der Waals surface area contributed by atoms with Crippen LogP contribution in [0.2, 0.25) is 0 Å². The maximum Gasteiger partial charge on any atom is 0.161 e. The number of aliphatic hydroxyl groups is 2. The smallest absolute Gasteiger partial charge is 0.161 e. The number of ketones is 1. The lowest BCUT2D eigenvalue weighted by Crippen LogP contribution is -2.66. The summed E-state index contributed by atoms with van der Waals surface area (Å²) in [6, 6.07) is 0. The van der Waals surface area contributed by atoms with Crippen LogP contribution in [0.4, 0.5) is 0 Å². The number of carbonyl (C=O) groups excluding carboxylic acids is 1. The molecular formula is C29H48O3. The van der Waals surface area contributed by atoms with Crippen molar-refractivity contribution >= 4 is 5.78 Å². The number of hydrogen-bond acceptors (Lipinski definition) is 3. The van der Waals surface area contributed by atoms with Crippen molar-refractivity contribution in [3.63, 3.8) is 0 Å².